The van der Waals surface area contributed by atoms with Gasteiger partial charge in [-0.15, -0.1) is 0 Å². The third kappa shape index (κ3) is 5.14. The van der Waals surface area contributed by atoms with Crippen molar-refractivity contribution in [2.24, 2.45) is 0 Å². The highest BCUT2D eigenvalue weighted by atomic mass is 32.2. The van der Waals surface area contributed by atoms with Crippen LogP contribution >= 0.6 is 0 Å². The van der Waals surface area contributed by atoms with Crippen molar-refractivity contribution in [1.29, 1.82) is 0 Å². The summed E-state index contributed by atoms with van der Waals surface area (Å²) in [5, 5.41) is 13.7. The Hall–Kier alpha value is -2.79. The minimum absolute atomic E-state index is 0.131. The van der Waals surface area contributed by atoms with Crippen molar-refractivity contribution < 1.29 is 26.6 Å². The largest absolute Gasteiger partial charge is 0.346 e. The Balaban J connectivity index is 2.31. The molecule has 28 heavy (non-hydrogen) atoms. The number of nitrogens with one attached hydrogen (secondary N) is 1. The van der Waals surface area contributed by atoms with Crippen LogP contribution in [0.1, 0.15) is 28.9 Å². The highest BCUT2D eigenvalue weighted by Gasteiger charge is 2.20. The Morgan fingerprint density at radius 1 is 0.964 bits per heavy atom. The van der Waals surface area contributed by atoms with Crippen LogP contribution < -0.4 is 5.32 Å². The fourth-order valence-electron chi connectivity index (χ4n) is 2.40. The molecule has 0 radical (unpaired) electrons. The maximum absolute atomic E-state index is 12.5. The van der Waals surface area contributed by atoms with Crippen molar-refractivity contribution >= 4 is 31.3 Å². The van der Waals surface area contributed by atoms with Crippen LogP contribution in [0.2, 0.25) is 0 Å². The average Bonchev–Trinajstić information content (AvgIpc) is 2.59. The molecule has 2 rings (SSSR count). The van der Waals surface area contributed by atoms with Crippen molar-refractivity contribution in [3.05, 3.63) is 63.7 Å². The molecule has 0 fully saturated rings. The van der Waals surface area contributed by atoms with Crippen LogP contribution in [0.25, 0.3) is 0 Å². The Kier molecular flexibility index (Phi) is 5.90. The zero-order valence-corrected chi connectivity index (χ0v) is 16.9. The number of hydrogen-bond acceptors (Lipinski definition) is 7. The van der Waals surface area contributed by atoms with Gasteiger partial charge in [0.25, 0.3) is 11.6 Å². The van der Waals surface area contributed by atoms with Gasteiger partial charge in [0.1, 0.15) is 0 Å². The highest BCUT2D eigenvalue weighted by molar-refractivity contribution is 7.91. The highest BCUT2D eigenvalue weighted by Crippen LogP contribution is 2.22. The van der Waals surface area contributed by atoms with Gasteiger partial charge in [-0.1, -0.05) is 12.1 Å². The molecule has 11 heteroatoms. The summed E-state index contributed by atoms with van der Waals surface area (Å²) in [6, 6.07) is 8.28. The average molecular weight is 426 g/mol. The molecule has 0 bridgehead atoms. The smallest absolute Gasteiger partial charge is 0.271 e. The molecule has 0 spiro atoms. The minimum Gasteiger partial charge on any atom is -0.346 e. The zero-order valence-electron chi connectivity index (χ0n) is 15.2. The van der Waals surface area contributed by atoms with Crippen molar-refractivity contribution in [1.82, 2.24) is 5.32 Å². The third-order valence-electron chi connectivity index (χ3n) is 3.95. The van der Waals surface area contributed by atoms with Gasteiger partial charge in [-0.2, -0.15) is 0 Å². The van der Waals surface area contributed by atoms with Gasteiger partial charge < -0.3 is 5.32 Å². The fraction of sp³-hybridized carbons (Fsp3) is 0.235. The molecule has 0 aliphatic heterocycles. The molecule has 0 saturated carbocycles. The van der Waals surface area contributed by atoms with E-state index in [-0.39, 0.29) is 15.4 Å². The van der Waals surface area contributed by atoms with E-state index in [4.69, 9.17) is 0 Å². The Bertz CT molecular complexity index is 1140. The first kappa shape index (κ1) is 21.5. The standard InChI is InChI=1S/C17H18N2O7S2/c1-11(12-4-6-15(7-5-12)27(2,23)24)18-17(20)13-8-14(19(21)22)10-16(9-13)28(3,25)26/h4-11H,1-3H3,(H,18,20). The molecular formula is C17H18N2O7S2. The molecule has 1 atom stereocenters. The Labute approximate surface area is 162 Å². The summed E-state index contributed by atoms with van der Waals surface area (Å²) >= 11 is 0. The van der Waals surface area contributed by atoms with Crippen LogP contribution in [0.4, 0.5) is 5.69 Å². The number of sulfone groups is 2. The molecule has 0 aliphatic rings. The number of benzene rings is 2. The first-order chi connectivity index (χ1) is 12.8. The predicted molar refractivity (Wildman–Crippen MR) is 102 cm³/mol. The normalized spacial score (nSPS) is 13.0. The molecule has 2 aromatic rings. The molecule has 9 nitrogen and oxygen atoms in total. The number of rotatable bonds is 6. The SMILES string of the molecule is CC(NC(=O)c1cc([N+](=O)[O-])cc(S(C)(=O)=O)c1)c1ccc(S(C)(=O)=O)cc1. The molecule has 0 aliphatic carbocycles. The van der Waals surface area contributed by atoms with Crippen LogP contribution in [-0.2, 0) is 19.7 Å². The first-order valence-electron chi connectivity index (χ1n) is 7.89. The second-order valence-electron chi connectivity index (χ2n) is 6.28. The fourth-order valence-corrected chi connectivity index (χ4v) is 3.71. The number of amides is 1. The second-order valence-corrected chi connectivity index (χ2v) is 10.3. The van der Waals surface area contributed by atoms with Crippen molar-refractivity contribution in [3.63, 3.8) is 0 Å². The van der Waals surface area contributed by atoms with Gasteiger partial charge in [-0.05, 0) is 30.7 Å². The van der Waals surface area contributed by atoms with E-state index in [1.807, 2.05) is 0 Å². The van der Waals surface area contributed by atoms with E-state index in [9.17, 15) is 31.7 Å². The van der Waals surface area contributed by atoms with Gasteiger partial charge in [-0.3, -0.25) is 14.9 Å². The summed E-state index contributed by atoms with van der Waals surface area (Å²) in [6.07, 6.45) is 1.97. The quantitative estimate of drug-likeness (QED) is 0.549. The van der Waals surface area contributed by atoms with E-state index in [1.54, 1.807) is 6.92 Å². The summed E-state index contributed by atoms with van der Waals surface area (Å²) in [6.45, 7) is 1.64. The van der Waals surface area contributed by atoms with Crippen LogP contribution in [0.3, 0.4) is 0 Å². The monoisotopic (exact) mass is 426 g/mol. The topological polar surface area (TPSA) is 141 Å². The Morgan fingerprint density at radius 3 is 1.96 bits per heavy atom. The molecule has 1 unspecified atom stereocenters. The van der Waals surface area contributed by atoms with E-state index >= 15 is 0 Å². The molecule has 2 aromatic carbocycles. The molecule has 0 aromatic heterocycles. The van der Waals surface area contributed by atoms with Gasteiger partial charge in [-0.25, -0.2) is 16.8 Å². The maximum atomic E-state index is 12.5. The van der Waals surface area contributed by atoms with E-state index in [2.05, 4.69) is 5.32 Å². The number of nitrogens with zero attached hydrogens (tertiary/aromatic N) is 1. The lowest BCUT2D eigenvalue weighted by molar-refractivity contribution is -0.385. The van der Waals surface area contributed by atoms with Crippen molar-refractivity contribution in [3.8, 4) is 0 Å². The first-order valence-corrected chi connectivity index (χ1v) is 11.7. The summed E-state index contributed by atoms with van der Waals surface area (Å²) in [4.78, 5) is 22.5. The van der Waals surface area contributed by atoms with Crippen LogP contribution in [0.5, 0.6) is 0 Å². The lowest BCUT2D eigenvalue weighted by Crippen LogP contribution is -2.27. The van der Waals surface area contributed by atoms with Gasteiger partial charge in [0.15, 0.2) is 19.7 Å². The van der Waals surface area contributed by atoms with Crippen LogP contribution in [-0.4, -0.2) is 40.2 Å². The molecule has 0 saturated heterocycles. The Morgan fingerprint density at radius 2 is 1.50 bits per heavy atom. The predicted octanol–water partition coefficient (Wildman–Crippen LogP) is 1.89. The molecule has 0 heterocycles. The number of hydrogen-bond donors (Lipinski definition) is 1. The number of carbonyl (C=O) groups is 1. The number of nitro benzene ring substituents is 1. The second kappa shape index (κ2) is 7.68. The van der Waals surface area contributed by atoms with Crippen molar-refractivity contribution in [2.45, 2.75) is 22.8 Å². The lowest BCUT2D eigenvalue weighted by atomic mass is 10.1. The molecule has 1 amide bonds. The number of carbonyl (C=O) groups excluding carboxylic acids is 1. The summed E-state index contributed by atoms with van der Waals surface area (Å²) in [7, 11) is -7.11. The van der Waals surface area contributed by atoms with Gasteiger partial charge in [0, 0.05) is 30.2 Å². The van der Waals surface area contributed by atoms with Crippen LogP contribution in [0, 0.1) is 10.1 Å². The number of nitro groups is 1. The minimum atomic E-state index is -3.76. The van der Waals surface area contributed by atoms with Gasteiger partial charge >= 0.3 is 0 Å². The van der Waals surface area contributed by atoms with Gasteiger partial charge in [0.05, 0.1) is 20.8 Å². The third-order valence-corrected chi connectivity index (χ3v) is 6.17. The zero-order chi connectivity index (χ0) is 21.3. The maximum Gasteiger partial charge on any atom is 0.271 e. The van der Waals surface area contributed by atoms with Crippen molar-refractivity contribution in [2.75, 3.05) is 12.5 Å². The van der Waals surface area contributed by atoms with Crippen LogP contribution in [0.15, 0.2) is 52.3 Å². The summed E-state index contributed by atoms with van der Waals surface area (Å²) in [5.41, 5.74) is -0.0815. The molecule has 1 N–H and O–H groups in total. The van der Waals surface area contributed by atoms with E-state index in [1.165, 1.54) is 24.3 Å². The summed E-state index contributed by atoms with van der Waals surface area (Å²) < 4.78 is 46.5. The molecule has 150 valence electrons. The lowest BCUT2D eigenvalue weighted by Gasteiger charge is -2.15. The van der Waals surface area contributed by atoms with E-state index in [0.717, 1.165) is 30.7 Å². The van der Waals surface area contributed by atoms with E-state index < -0.39 is 42.2 Å². The number of non-ortho nitro benzene ring substituents is 1. The summed E-state index contributed by atoms with van der Waals surface area (Å²) in [5.74, 6) is -0.701. The van der Waals surface area contributed by atoms with Gasteiger partial charge in [0.2, 0.25) is 0 Å². The molecular weight excluding hydrogens is 408 g/mol. The van der Waals surface area contributed by atoms with E-state index in [0.29, 0.717) is 5.56 Å².